The number of hydrogen-bond donors (Lipinski definition) is 3. The summed E-state index contributed by atoms with van der Waals surface area (Å²) in [6.45, 7) is 0.440. The summed E-state index contributed by atoms with van der Waals surface area (Å²) >= 11 is 0. The van der Waals surface area contributed by atoms with Gasteiger partial charge in [0, 0.05) is 24.4 Å². The zero-order valence-electron chi connectivity index (χ0n) is 19.1. The molecule has 3 aliphatic rings. The summed E-state index contributed by atoms with van der Waals surface area (Å²) in [5.74, 6) is -1.18. The molecular formula is C27H30N2O5. The average molecular weight is 463 g/mol. The largest absolute Gasteiger partial charge is 0.481 e. The van der Waals surface area contributed by atoms with E-state index in [2.05, 4.69) is 34.9 Å². The number of carbonyl (C=O) groups excluding carboxylic acids is 2. The summed E-state index contributed by atoms with van der Waals surface area (Å²) in [6, 6.07) is 16.3. The number of benzene rings is 2. The Bertz CT molecular complexity index is 1060. The smallest absolute Gasteiger partial charge is 0.407 e. The van der Waals surface area contributed by atoms with E-state index in [1.165, 1.54) is 22.3 Å². The van der Waals surface area contributed by atoms with Crippen LogP contribution in [-0.4, -0.2) is 42.3 Å². The van der Waals surface area contributed by atoms with E-state index in [-0.39, 0.29) is 36.9 Å². The van der Waals surface area contributed by atoms with Crippen LogP contribution in [0.5, 0.6) is 0 Å². The first-order valence-corrected chi connectivity index (χ1v) is 12.1. The van der Waals surface area contributed by atoms with Gasteiger partial charge in [-0.05, 0) is 54.4 Å². The third-order valence-electron chi connectivity index (χ3n) is 7.62. The number of amides is 2. The maximum atomic E-state index is 12.6. The number of carbonyl (C=O) groups is 3. The average Bonchev–Trinajstić information content (AvgIpc) is 3.58. The molecule has 3 N–H and O–H groups in total. The second-order valence-corrected chi connectivity index (χ2v) is 9.83. The molecular weight excluding hydrogens is 432 g/mol. The van der Waals surface area contributed by atoms with Crippen molar-refractivity contribution in [3.05, 3.63) is 59.7 Å². The third-order valence-corrected chi connectivity index (χ3v) is 7.62. The van der Waals surface area contributed by atoms with E-state index < -0.39 is 17.5 Å². The normalized spacial score (nSPS) is 22.2. The highest BCUT2D eigenvalue weighted by Gasteiger charge is 2.50. The van der Waals surface area contributed by atoms with Crippen molar-refractivity contribution in [2.45, 2.75) is 50.5 Å². The summed E-state index contributed by atoms with van der Waals surface area (Å²) in [5.41, 5.74) is 3.93. The molecule has 0 unspecified atom stereocenters. The van der Waals surface area contributed by atoms with Gasteiger partial charge < -0.3 is 20.5 Å². The molecule has 5 rings (SSSR count). The van der Waals surface area contributed by atoms with Crippen molar-refractivity contribution >= 4 is 18.0 Å². The van der Waals surface area contributed by atoms with Crippen LogP contribution in [0.15, 0.2) is 48.5 Å². The molecule has 3 aliphatic carbocycles. The number of carboxylic acid groups (broad SMARTS) is 1. The minimum absolute atomic E-state index is 0.00649. The molecule has 2 fully saturated rings. The summed E-state index contributed by atoms with van der Waals surface area (Å²) in [4.78, 5) is 36.5. The van der Waals surface area contributed by atoms with Gasteiger partial charge in [-0.2, -0.15) is 0 Å². The van der Waals surface area contributed by atoms with Crippen LogP contribution in [0.2, 0.25) is 0 Å². The standard InChI is InChI=1S/C27H30N2O5/c30-24(28-16-27(12-13-27)25(31)32)17-6-5-7-18(14-17)29-26(33)34-15-23-21-10-3-1-8-19(21)20-9-2-4-11-22(20)23/h1-4,8-11,17-18,23H,5-7,12-16H2,(H,28,30)(H,29,33)(H,31,32)/t17-,18-/m1/s1. The highest BCUT2D eigenvalue weighted by molar-refractivity contribution is 5.82. The first-order valence-electron chi connectivity index (χ1n) is 12.1. The number of carboxylic acids is 1. The van der Waals surface area contributed by atoms with Gasteiger partial charge in [-0.15, -0.1) is 0 Å². The van der Waals surface area contributed by atoms with E-state index in [9.17, 15) is 19.5 Å². The zero-order chi connectivity index (χ0) is 23.7. The van der Waals surface area contributed by atoms with Crippen molar-refractivity contribution in [3.8, 4) is 11.1 Å². The minimum atomic E-state index is -0.841. The van der Waals surface area contributed by atoms with Crippen LogP contribution >= 0.6 is 0 Å². The predicted octanol–water partition coefficient (Wildman–Crippen LogP) is 4.06. The van der Waals surface area contributed by atoms with Crippen molar-refractivity contribution in [1.82, 2.24) is 10.6 Å². The lowest BCUT2D eigenvalue weighted by molar-refractivity contribution is -0.143. The maximum Gasteiger partial charge on any atom is 0.407 e. The summed E-state index contributed by atoms with van der Waals surface area (Å²) < 4.78 is 5.65. The molecule has 0 aliphatic heterocycles. The van der Waals surface area contributed by atoms with Gasteiger partial charge in [0.25, 0.3) is 0 Å². The molecule has 2 aromatic carbocycles. The van der Waals surface area contributed by atoms with Crippen LogP contribution in [0.25, 0.3) is 11.1 Å². The Morgan fingerprint density at radius 2 is 1.62 bits per heavy atom. The van der Waals surface area contributed by atoms with E-state index in [0.29, 0.717) is 19.3 Å². The summed E-state index contributed by atoms with van der Waals surface area (Å²) in [6.07, 6.45) is 3.67. The number of aliphatic carboxylic acids is 1. The Hall–Kier alpha value is -3.35. The van der Waals surface area contributed by atoms with Crippen molar-refractivity contribution in [3.63, 3.8) is 0 Å². The molecule has 2 atom stereocenters. The van der Waals surface area contributed by atoms with Crippen LogP contribution in [0, 0.1) is 11.3 Å². The predicted molar refractivity (Wildman–Crippen MR) is 126 cm³/mol. The first-order chi connectivity index (χ1) is 16.5. The van der Waals surface area contributed by atoms with E-state index in [4.69, 9.17) is 4.74 Å². The Morgan fingerprint density at radius 1 is 0.971 bits per heavy atom. The van der Waals surface area contributed by atoms with Crippen LogP contribution in [0.3, 0.4) is 0 Å². The Kier molecular flexibility index (Phi) is 6.02. The van der Waals surface area contributed by atoms with Crippen molar-refractivity contribution in [2.75, 3.05) is 13.2 Å². The number of rotatable bonds is 7. The fraction of sp³-hybridized carbons (Fsp3) is 0.444. The van der Waals surface area contributed by atoms with Crippen LogP contribution in [0.1, 0.15) is 55.6 Å². The summed E-state index contributed by atoms with van der Waals surface area (Å²) in [5, 5.41) is 15.1. The molecule has 7 nitrogen and oxygen atoms in total. The molecule has 0 bridgehead atoms. The van der Waals surface area contributed by atoms with Gasteiger partial charge in [0.05, 0.1) is 5.41 Å². The zero-order valence-corrected chi connectivity index (χ0v) is 19.1. The molecule has 178 valence electrons. The molecule has 0 spiro atoms. The third kappa shape index (κ3) is 4.39. The molecule has 0 heterocycles. The van der Waals surface area contributed by atoms with E-state index in [1.54, 1.807) is 0 Å². The number of fused-ring (bicyclic) bond motifs is 3. The van der Waals surface area contributed by atoms with Gasteiger partial charge in [-0.1, -0.05) is 55.0 Å². The molecule has 7 heteroatoms. The highest BCUT2D eigenvalue weighted by atomic mass is 16.5. The molecule has 0 aromatic heterocycles. The second-order valence-electron chi connectivity index (χ2n) is 9.83. The second kappa shape index (κ2) is 9.12. The van der Waals surface area contributed by atoms with Gasteiger partial charge in [-0.3, -0.25) is 9.59 Å². The Balaban J connectivity index is 1.13. The van der Waals surface area contributed by atoms with Crippen LogP contribution < -0.4 is 10.6 Å². The van der Waals surface area contributed by atoms with Crippen molar-refractivity contribution in [2.24, 2.45) is 11.3 Å². The SMILES string of the molecule is O=C(N[C@@H]1CCC[C@@H](C(=O)NCC2(C(=O)O)CC2)C1)OCC1c2ccccc2-c2ccccc21. The lowest BCUT2D eigenvalue weighted by Gasteiger charge is -2.29. The summed E-state index contributed by atoms with van der Waals surface area (Å²) in [7, 11) is 0. The van der Waals surface area contributed by atoms with Gasteiger partial charge in [-0.25, -0.2) is 4.79 Å². The lowest BCUT2D eigenvalue weighted by atomic mass is 9.85. The van der Waals surface area contributed by atoms with Crippen LogP contribution in [-0.2, 0) is 14.3 Å². The van der Waals surface area contributed by atoms with Crippen molar-refractivity contribution in [1.29, 1.82) is 0 Å². The minimum Gasteiger partial charge on any atom is -0.481 e. The topological polar surface area (TPSA) is 105 Å². The molecule has 0 radical (unpaired) electrons. The number of alkyl carbamates (subject to hydrolysis) is 1. The fourth-order valence-corrected chi connectivity index (χ4v) is 5.38. The van der Waals surface area contributed by atoms with Gasteiger partial charge in [0.1, 0.15) is 6.61 Å². The molecule has 2 saturated carbocycles. The number of nitrogens with one attached hydrogen (secondary N) is 2. The molecule has 0 saturated heterocycles. The van der Waals surface area contributed by atoms with E-state index in [1.807, 2.05) is 24.3 Å². The molecule has 2 amide bonds. The molecule has 2 aromatic rings. The van der Waals surface area contributed by atoms with E-state index in [0.717, 1.165) is 19.3 Å². The Morgan fingerprint density at radius 3 is 2.24 bits per heavy atom. The van der Waals surface area contributed by atoms with Gasteiger partial charge in [0.2, 0.25) is 5.91 Å². The maximum absolute atomic E-state index is 12.6. The first kappa shape index (κ1) is 22.4. The lowest BCUT2D eigenvalue weighted by Crippen LogP contribution is -2.44. The molecule has 34 heavy (non-hydrogen) atoms. The van der Waals surface area contributed by atoms with Crippen molar-refractivity contribution < 1.29 is 24.2 Å². The number of ether oxygens (including phenoxy) is 1. The monoisotopic (exact) mass is 462 g/mol. The van der Waals surface area contributed by atoms with E-state index >= 15 is 0 Å². The van der Waals surface area contributed by atoms with Crippen LogP contribution in [0.4, 0.5) is 4.79 Å². The van der Waals surface area contributed by atoms with Gasteiger partial charge >= 0.3 is 12.1 Å². The highest BCUT2D eigenvalue weighted by Crippen LogP contribution is 2.45. The fourth-order valence-electron chi connectivity index (χ4n) is 5.38. The van der Waals surface area contributed by atoms with Gasteiger partial charge in [0.15, 0.2) is 0 Å². The quantitative estimate of drug-likeness (QED) is 0.576. The number of hydrogen-bond acceptors (Lipinski definition) is 4. The Labute approximate surface area is 198 Å².